The lowest BCUT2D eigenvalue weighted by molar-refractivity contribution is 1.69. The van der Waals surface area contributed by atoms with Crippen molar-refractivity contribution in [3.05, 3.63) is 34.3 Å². The highest BCUT2D eigenvalue weighted by Crippen LogP contribution is 2.18. The summed E-state index contributed by atoms with van der Waals surface area (Å²) in [7, 11) is 0. The molecule has 0 saturated carbocycles. The lowest BCUT2D eigenvalue weighted by Gasteiger charge is -1.87. The van der Waals surface area contributed by atoms with Gasteiger partial charge in [0, 0.05) is 0 Å². The zero-order chi connectivity index (χ0) is 5.98. The molecule has 0 unspecified atom stereocenters. The van der Waals surface area contributed by atoms with Crippen LogP contribution in [0.3, 0.4) is 0 Å². The monoisotopic (exact) mass is 145 g/mol. The zero-order valence-corrected chi connectivity index (χ0v) is 5.50. The van der Waals surface area contributed by atoms with Crippen molar-refractivity contribution in [2.24, 2.45) is 0 Å². The molecule has 2 heteroatoms. The van der Waals surface area contributed by atoms with Crippen molar-refractivity contribution >= 4 is 23.2 Å². The summed E-state index contributed by atoms with van der Waals surface area (Å²) < 4.78 is 0. The van der Waals surface area contributed by atoms with Crippen LogP contribution in [0.25, 0.3) is 0 Å². The molecule has 0 atom stereocenters. The average Bonchev–Trinajstić information content (AvgIpc) is 1.77. The molecule has 0 fully saturated rings. The molecule has 0 aliphatic carbocycles. The van der Waals surface area contributed by atoms with Gasteiger partial charge in [0.1, 0.15) is 0 Å². The highest BCUT2D eigenvalue weighted by Gasteiger charge is 1.89. The number of hydrogen-bond donors (Lipinski definition) is 0. The maximum atomic E-state index is 5.56. The van der Waals surface area contributed by atoms with Gasteiger partial charge in [0.25, 0.3) is 0 Å². The minimum atomic E-state index is 0.550. The summed E-state index contributed by atoms with van der Waals surface area (Å²) in [5.74, 6) is 0. The third-order valence-electron chi connectivity index (χ3n) is 0.764. The predicted octanol–water partition coefficient (Wildman–Crippen LogP) is 2.79. The van der Waals surface area contributed by atoms with Gasteiger partial charge in [-0.25, -0.2) is 0 Å². The Morgan fingerprint density at radius 1 is 1.25 bits per heavy atom. The SMILES string of the molecule is Clc1c[c]ccc1Cl. The van der Waals surface area contributed by atoms with E-state index >= 15 is 0 Å². The van der Waals surface area contributed by atoms with Crippen molar-refractivity contribution in [3.63, 3.8) is 0 Å². The van der Waals surface area contributed by atoms with E-state index in [1.54, 1.807) is 18.2 Å². The van der Waals surface area contributed by atoms with Crippen molar-refractivity contribution in [1.29, 1.82) is 0 Å². The molecule has 0 aliphatic rings. The molecule has 1 aromatic carbocycles. The Hall–Kier alpha value is -0.200. The second kappa shape index (κ2) is 2.38. The van der Waals surface area contributed by atoms with Gasteiger partial charge in [-0.05, 0) is 18.2 Å². The molecule has 8 heavy (non-hydrogen) atoms. The zero-order valence-electron chi connectivity index (χ0n) is 3.99. The van der Waals surface area contributed by atoms with E-state index in [0.29, 0.717) is 10.0 Å². The van der Waals surface area contributed by atoms with Crippen LogP contribution in [0.1, 0.15) is 0 Å². The number of benzene rings is 1. The Morgan fingerprint density at radius 2 is 2.00 bits per heavy atom. The van der Waals surface area contributed by atoms with Gasteiger partial charge in [0.05, 0.1) is 10.0 Å². The summed E-state index contributed by atoms with van der Waals surface area (Å²) in [5.41, 5.74) is 0. The molecule has 0 nitrogen and oxygen atoms in total. The predicted molar refractivity (Wildman–Crippen MR) is 35.3 cm³/mol. The Kier molecular flexibility index (Phi) is 1.77. The van der Waals surface area contributed by atoms with Crippen LogP contribution >= 0.6 is 23.2 Å². The van der Waals surface area contributed by atoms with E-state index in [1.165, 1.54) is 0 Å². The maximum absolute atomic E-state index is 5.56. The molecule has 1 aromatic rings. The molecule has 0 saturated heterocycles. The Bertz CT molecular complexity index is 163. The molecular formula is C6H3Cl2. The average molecular weight is 146 g/mol. The lowest BCUT2D eigenvalue weighted by atomic mass is 10.4. The van der Waals surface area contributed by atoms with Crippen LogP contribution < -0.4 is 0 Å². The van der Waals surface area contributed by atoms with Crippen LogP contribution in [0.2, 0.25) is 10.0 Å². The molecule has 0 heterocycles. The molecule has 0 aliphatic heterocycles. The second-order valence-corrected chi connectivity index (χ2v) is 2.15. The van der Waals surface area contributed by atoms with E-state index in [0.717, 1.165) is 0 Å². The third-order valence-corrected chi connectivity index (χ3v) is 1.50. The van der Waals surface area contributed by atoms with Gasteiger partial charge in [0.15, 0.2) is 0 Å². The van der Waals surface area contributed by atoms with Gasteiger partial charge in [-0.15, -0.1) is 0 Å². The summed E-state index contributed by atoms with van der Waals surface area (Å²) in [6, 6.07) is 7.83. The van der Waals surface area contributed by atoms with E-state index in [9.17, 15) is 0 Å². The topological polar surface area (TPSA) is 0 Å². The molecular weight excluding hydrogens is 143 g/mol. The third kappa shape index (κ3) is 1.15. The number of hydrogen-bond acceptors (Lipinski definition) is 0. The van der Waals surface area contributed by atoms with E-state index in [1.807, 2.05) is 0 Å². The Labute approximate surface area is 58.0 Å². The normalized spacial score (nSPS) is 9.25. The number of halogens is 2. The summed E-state index contributed by atoms with van der Waals surface area (Å²) in [5, 5.41) is 1.12. The smallest absolute Gasteiger partial charge is 0.0598 e. The van der Waals surface area contributed by atoms with Crippen LogP contribution in [0.15, 0.2) is 18.2 Å². The first kappa shape index (κ1) is 5.93. The molecule has 1 rings (SSSR count). The van der Waals surface area contributed by atoms with Crippen molar-refractivity contribution in [1.82, 2.24) is 0 Å². The van der Waals surface area contributed by atoms with Gasteiger partial charge in [-0.2, -0.15) is 0 Å². The quantitative estimate of drug-likeness (QED) is 0.527. The Morgan fingerprint density at radius 3 is 2.38 bits per heavy atom. The van der Waals surface area contributed by atoms with Crippen molar-refractivity contribution in [2.45, 2.75) is 0 Å². The van der Waals surface area contributed by atoms with Crippen molar-refractivity contribution in [3.8, 4) is 0 Å². The van der Waals surface area contributed by atoms with Gasteiger partial charge in [-0.3, -0.25) is 0 Å². The highest BCUT2D eigenvalue weighted by atomic mass is 35.5. The summed E-state index contributed by atoms with van der Waals surface area (Å²) in [4.78, 5) is 0. The van der Waals surface area contributed by atoms with Gasteiger partial charge < -0.3 is 0 Å². The minimum absolute atomic E-state index is 0.550. The highest BCUT2D eigenvalue weighted by molar-refractivity contribution is 6.41. The fraction of sp³-hybridized carbons (Fsp3) is 0. The molecule has 0 aromatic heterocycles. The van der Waals surface area contributed by atoms with E-state index in [2.05, 4.69) is 6.07 Å². The molecule has 0 amide bonds. The van der Waals surface area contributed by atoms with Crippen LogP contribution in [0.5, 0.6) is 0 Å². The van der Waals surface area contributed by atoms with Gasteiger partial charge in [-0.1, -0.05) is 29.3 Å². The summed E-state index contributed by atoms with van der Waals surface area (Å²) >= 11 is 11.1. The maximum Gasteiger partial charge on any atom is 0.0598 e. The first-order chi connectivity index (χ1) is 3.80. The van der Waals surface area contributed by atoms with Gasteiger partial charge in [0.2, 0.25) is 0 Å². The lowest BCUT2D eigenvalue weighted by Crippen LogP contribution is -1.63. The second-order valence-electron chi connectivity index (χ2n) is 1.34. The van der Waals surface area contributed by atoms with Crippen LogP contribution in [0.4, 0.5) is 0 Å². The van der Waals surface area contributed by atoms with Crippen molar-refractivity contribution < 1.29 is 0 Å². The fourth-order valence-electron chi connectivity index (χ4n) is 0.391. The van der Waals surface area contributed by atoms with E-state index < -0.39 is 0 Å². The van der Waals surface area contributed by atoms with E-state index in [4.69, 9.17) is 23.2 Å². The van der Waals surface area contributed by atoms with Crippen LogP contribution in [-0.4, -0.2) is 0 Å². The summed E-state index contributed by atoms with van der Waals surface area (Å²) in [6.07, 6.45) is 0. The molecule has 0 spiro atoms. The van der Waals surface area contributed by atoms with Crippen LogP contribution in [0, 0.1) is 6.07 Å². The molecule has 1 radical (unpaired) electrons. The number of rotatable bonds is 0. The molecule has 41 valence electrons. The fourth-order valence-corrected chi connectivity index (χ4v) is 0.635. The minimum Gasteiger partial charge on any atom is -0.0827 e. The van der Waals surface area contributed by atoms with E-state index in [-0.39, 0.29) is 0 Å². The van der Waals surface area contributed by atoms with Gasteiger partial charge >= 0.3 is 0 Å². The largest absolute Gasteiger partial charge is 0.0827 e. The summed E-state index contributed by atoms with van der Waals surface area (Å²) in [6.45, 7) is 0. The first-order valence-corrected chi connectivity index (χ1v) is 2.87. The standard InChI is InChI=1S/C6H3Cl2/c7-5-3-1-2-4-6(5)8/h1,3-4H. The molecule has 0 N–H and O–H groups in total. The van der Waals surface area contributed by atoms with Crippen molar-refractivity contribution in [2.75, 3.05) is 0 Å². The van der Waals surface area contributed by atoms with Crippen LogP contribution in [-0.2, 0) is 0 Å². The Balaban J connectivity index is 3.13. The molecule has 0 bridgehead atoms. The first-order valence-electron chi connectivity index (χ1n) is 2.12.